The minimum atomic E-state index is 0.244. The van der Waals surface area contributed by atoms with E-state index >= 15 is 0 Å². The summed E-state index contributed by atoms with van der Waals surface area (Å²) in [4.78, 5) is 4.53. The van der Waals surface area contributed by atoms with E-state index in [0.717, 1.165) is 22.5 Å². The number of aliphatic imine (C=N–C) groups is 1. The highest BCUT2D eigenvalue weighted by molar-refractivity contribution is 8.13. The topological polar surface area (TPSA) is 24.4 Å². The Bertz CT molecular complexity index is 420. The SMILES string of the molecule is CC1CN=C(NC(C)c2cccc(Cl)c2)SC1. The highest BCUT2D eigenvalue weighted by Crippen LogP contribution is 2.21. The van der Waals surface area contributed by atoms with Crippen LogP contribution in [0.15, 0.2) is 29.3 Å². The molecule has 2 unspecified atom stereocenters. The molecule has 2 atom stereocenters. The second-order valence-corrected chi connectivity index (χ2v) is 5.93. The molecule has 4 heteroatoms. The molecule has 0 spiro atoms. The van der Waals surface area contributed by atoms with Gasteiger partial charge in [0, 0.05) is 17.3 Å². The molecule has 1 heterocycles. The fourth-order valence-corrected chi connectivity index (χ4v) is 2.86. The van der Waals surface area contributed by atoms with Crippen molar-refractivity contribution >= 4 is 28.5 Å². The molecule has 2 rings (SSSR count). The van der Waals surface area contributed by atoms with Crippen LogP contribution in [0.2, 0.25) is 5.02 Å². The first-order chi connectivity index (χ1) is 8.15. The molecule has 1 aromatic rings. The van der Waals surface area contributed by atoms with E-state index < -0.39 is 0 Å². The van der Waals surface area contributed by atoms with Crippen LogP contribution in [0.25, 0.3) is 0 Å². The van der Waals surface area contributed by atoms with Gasteiger partial charge in [-0.05, 0) is 30.5 Å². The zero-order chi connectivity index (χ0) is 12.3. The Morgan fingerprint density at radius 1 is 1.53 bits per heavy atom. The van der Waals surface area contributed by atoms with Crippen molar-refractivity contribution in [3.63, 3.8) is 0 Å². The summed E-state index contributed by atoms with van der Waals surface area (Å²) in [5, 5.41) is 5.27. The highest BCUT2D eigenvalue weighted by atomic mass is 35.5. The molecule has 1 aliphatic rings. The lowest BCUT2D eigenvalue weighted by Crippen LogP contribution is -2.28. The van der Waals surface area contributed by atoms with Crippen LogP contribution in [-0.2, 0) is 0 Å². The summed E-state index contributed by atoms with van der Waals surface area (Å²) < 4.78 is 0. The molecule has 1 aliphatic heterocycles. The highest BCUT2D eigenvalue weighted by Gasteiger charge is 2.14. The summed E-state index contributed by atoms with van der Waals surface area (Å²) in [6, 6.07) is 8.20. The van der Waals surface area contributed by atoms with E-state index in [1.807, 2.05) is 18.2 Å². The van der Waals surface area contributed by atoms with Crippen LogP contribution >= 0.6 is 23.4 Å². The number of benzene rings is 1. The lowest BCUT2D eigenvalue weighted by molar-refractivity contribution is 0.658. The van der Waals surface area contributed by atoms with Crippen LogP contribution in [0.3, 0.4) is 0 Å². The summed E-state index contributed by atoms with van der Waals surface area (Å²) in [5.74, 6) is 1.83. The van der Waals surface area contributed by atoms with Gasteiger partial charge < -0.3 is 5.32 Å². The van der Waals surface area contributed by atoms with Crippen LogP contribution in [-0.4, -0.2) is 17.5 Å². The van der Waals surface area contributed by atoms with E-state index in [1.165, 1.54) is 5.56 Å². The lowest BCUT2D eigenvalue weighted by atomic mass is 10.1. The van der Waals surface area contributed by atoms with Crippen molar-refractivity contribution in [2.24, 2.45) is 10.9 Å². The molecule has 0 aliphatic carbocycles. The maximum Gasteiger partial charge on any atom is 0.157 e. The van der Waals surface area contributed by atoms with Gasteiger partial charge in [0.1, 0.15) is 0 Å². The summed E-state index contributed by atoms with van der Waals surface area (Å²) in [6.45, 7) is 5.29. The maximum atomic E-state index is 5.99. The zero-order valence-electron chi connectivity index (χ0n) is 10.1. The third kappa shape index (κ3) is 3.65. The van der Waals surface area contributed by atoms with Gasteiger partial charge >= 0.3 is 0 Å². The Morgan fingerprint density at radius 3 is 3.00 bits per heavy atom. The summed E-state index contributed by atoms with van der Waals surface area (Å²) >= 11 is 7.79. The molecular weight excluding hydrogens is 252 g/mol. The number of nitrogens with zero attached hydrogens (tertiary/aromatic N) is 1. The molecule has 1 aromatic carbocycles. The summed E-state index contributed by atoms with van der Waals surface area (Å²) in [7, 11) is 0. The first-order valence-corrected chi connectivity index (χ1v) is 7.21. The van der Waals surface area contributed by atoms with Crippen LogP contribution in [0.4, 0.5) is 0 Å². The van der Waals surface area contributed by atoms with Gasteiger partial charge in [-0.3, -0.25) is 4.99 Å². The van der Waals surface area contributed by atoms with Crippen molar-refractivity contribution in [1.29, 1.82) is 0 Å². The fourth-order valence-electron chi connectivity index (χ4n) is 1.69. The number of amidine groups is 1. The van der Waals surface area contributed by atoms with Gasteiger partial charge in [-0.15, -0.1) is 0 Å². The first kappa shape index (κ1) is 12.8. The normalized spacial score (nSPS) is 21.8. The third-order valence-corrected chi connectivity index (χ3v) is 4.23. The van der Waals surface area contributed by atoms with Crippen molar-refractivity contribution in [2.75, 3.05) is 12.3 Å². The van der Waals surface area contributed by atoms with E-state index in [0.29, 0.717) is 5.92 Å². The molecule has 0 saturated heterocycles. The van der Waals surface area contributed by atoms with E-state index in [4.69, 9.17) is 11.6 Å². The second kappa shape index (κ2) is 5.78. The number of nitrogens with one attached hydrogen (secondary N) is 1. The minimum absolute atomic E-state index is 0.244. The Hall–Kier alpha value is -0.670. The fraction of sp³-hybridized carbons (Fsp3) is 0.462. The molecule has 17 heavy (non-hydrogen) atoms. The number of hydrogen-bond donors (Lipinski definition) is 1. The molecule has 2 nitrogen and oxygen atoms in total. The molecule has 0 amide bonds. The molecule has 0 fully saturated rings. The Labute approximate surface area is 112 Å². The predicted molar refractivity (Wildman–Crippen MR) is 76.9 cm³/mol. The minimum Gasteiger partial charge on any atom is -0.358 e. The monoisotopic (exact) mass is 268 g/mol. The molecular formula is C13H17ClN2S. The number of halogens is 1. The van der Waals surface area contributed by atoms with Crippen LogP contribution in [0.5, 0.6) is 0 Å². The van der Waals surface area contributed by atoms with Crippen LogP contribution in [0, 0.1) is 5.92 Å². The average molecular weight is 269 g/mol. The maximum absolute atomic E-state index is 5.99. The van der Waals surface area contributed by atoms with E-state index in [1.54, 1.807) is 11.8 Å². The van der Waals surface area contributed by atoms with Gasteiger partial charge in [0.15, 0.2) is 5.17 Å². The second-order valence-electron chi connectivity index (χ2n) is 4.48. The van der Waals surface area contributed by atoms with Gasteiger partial charge in [-0.2, -0.15) is 0 Å². The first-order valence-electron chi connectivity index (χ1n) is 5.84. The Morgan fingerprint density at radius 2 is 2.35 bits per heavy atom. The Balaban J connectivity index is 1.99. The molecule has 92 valence electrons. The van der Waals surface area contributed by atoms with Gasteiger partial charge in [-0.1, -0.05) is 42.4 Å². The third-order valence-electron chi connectivity index (χ3n) is 2.74. The molecule has 0 aromatic heterocycles. The predicted octanol–water partition coefficient (Wildman–Crippen LogP) is 3.73. The molecule has 0 bridgehead atoms. The summed E-state index contributed by atoms with van der Waals surface area (Å²) in [6.07, 6.45) is 0. The van der Waals surface area contributed by atoms with Gasteiger partial charge in [-0.25, -0.2) is 0 Å². The van der Waals surface area contributed by atoms with Crippen molar-refractivity contribution < 1.29 is 0 Å². The van der Waals surface area contributed by atoms with Crippen molar-refractivity contribution in [3.05, 3.63) is 34.9 Å². The van der Waals surface area contributed by atoms with E-state index in [9.17, 15) is 0 Å². The Kier molecular flexibility index (Phi) is 4.35. The van der Waals surface area contributed by atoms with Crippen LogP contribution in [0.1, 0.15) is 25.5 Å². The lowest BCUT2D eigenvalue weighted by Gasteiger charge is -2.21. The number of rotatable bonds is 2. The average Bonchev–Trinajstić information content (AvgIpc) is 2.32. The van der Waals surface area contributed by atoms with Crippen molar-refractivity contribution in [1.82, 2.24) is 5.32 Å². The van der Waals surface area contributed by atoms with Crippen LogP contribution < -0.4 is 5.32 Å². The smallest absolute Gasteiger partial charge is 0.157 e. The molecule has 0 radical (unpaired) electrons. The summed E-state index contributed by atoms with van der Waals surface area (Å²) in [5.41, 5.74) is 1.19. The molecule has 1 N–H and O–H groups in total. The molecule has 0 saturated carbocycles. The van der Waals surface area contributed by atoms with Crippen molar-refractivity contribution in [2.45, 2.75) is 19.9 Å². The van der Waals surface area contributed by atoms with Crippen molar-refractivity contribution in [3.8, 4) is 0 Å². The zero-order valence-corrected chi connectivity index (χ0v) is 11.7. The number of hydrogen-bond acceptors (Lipinski definition) is 3. The van der Waals surface area contributed by atoms with Gasteiger partial charge in [0.05, 0.1) is 6.04 Å². The van der Waals surface area contributed by atoms with E-state index in [-0.39, 0.29) is 6.04 Å². The quantitative estimate of drug-likeness (QED) is 0.884. The largest absolute Gasteiger partial charge is 0.358 e. The van der Waals surface area contributed by atoms with E-state index in [2.05, 4.69) is 30.2 Å². The number of thioether (sulfide) groups is 1. The standard InChI is InChI=1S/C13H17ClN2S/c1-9-7-15-13(17-8-9)16-10(2)11-4-3-5-12(14)6-11/h3-6,9-10H,7-8H2,1-2H3,(H,15,16). The van der Waals surface area contributed by atoms with Gasteiger partial charge in [0.2, 0.25) is 0 Å². The van der Waals surface area contributed by atoms with Gasteiger partial charge in [0.25, 0.3) is 0 Å².